The Kier molecular flexibility index (Phi) is 2.22. The smallest absolute Gasteiger partial charge is 0.0106 e. The normalized spacial score (nSPS) is 31.3. The molecule has 1 aliphatic rings. The molecule has 0 nitrogen and oxygen atoms in total. The Balaban J connectivity index is 2.86. The zero-order chi connectivity index (χ0) is 8.48. The summed E-state index contributed by atoms with van der Waals surface area (Å²) in [5.41, 5.74) is 3.38. The van der Waals surface area contributed by atoms with Crippen molar-refractivity contribution >= 4 is 0 Å². The summed E-state index contributed by atoms with van der Waals surface area (Å²) < 4.78 is 0. The highest BCUT2D eigenvalue weighted by Gasteiger charge is 2.21. The van der Waals surface area contributed by atoms with Gasteiger partial charge in [-0.25, -0.2) is 0 Å². The summed E-state index contributed by atoms with van der Waals surface area (Å²) >= 11 is 0. The van der Waals surface area contributed by atoms with E-state index in [1.807, 2.05) is 0 Å². The van der Waals surface area contributed by atoms with Crippen molar-refractivity contribution in [3.05, 3.63) is 23.3 Å². The van der Waals surface area contributed by atoms with Gasteiger partial charge in [0.15, 0.2) is 0 Å². The van der Waals surface area contributed by atoms with Crippen molar-refractivity contribution in [2.45, 2.75) is 40.5 Å². The van der Waals surface area contributed by atoms with Gasteiger partial charge in [0.1, 0.15) is 0 Å². The first-order chi connectivity index (χ1) is 5.06. The largest absolute Gasteiger partial charge is 0.0753 e. The van der Waals surface area contributed by atoms with Gasteiger partial charge in [0.05, 0.1) is 0 Å². The summed E-state index contributed by atoms with van der Waals surface area (Å²) in [6, 6.07) is 0. The van der Waals surface area contributed by atoms with E-state index in [4.69, 9.17) is 0 Å². The van der Waals surface area contributed by atoms with Gasteiger partial charge >= 0.3 is 0 Å². The highest BCUT2D eigenvalue weighted by Crippen LogP contribution is 2.35. The Hall–Kier alpha value is -0.520. The minimum absolute atomic E-state index is 0.433. The number of hydrogen-bond donors (Lipinski definition) is 0. The summed E-state index contributed by atoms with van der Waals surface area (Å²) in [6.07, 6.45) is 7.17. The number of hydrogen-bond acceptors (Lipinski definition) is 0. The van der Waals surface area contributed by atoms with E-state index in [-0.39, 0.29) is 0 Å². The Labute approximate surface area is 70.0 Å². The van der Waals surface area contributed by atoms with E-state index in [9.17, 15) is 0 Å². The van der Waals surface area contributed by atoms with Crippen LogP contribution in [0.4, 0.5) is 0 Å². The van der Waals surface area contributed by atoms with Gasteiger partial charge in [0.2, 0.25) is 0 Å². The van der Waals surface area contributed by atoms with Crippen molar-refractivity contribution in [1.29, 1.82) is 0 Å². The maximum atomic E-state index is 2.40. The molecule has 62 valence electrons. The van der Waals surface area contributed by atoms with Crippen molar-refractivity contribution in [2.75, 3.05) is 0 Å². The molecule has 0 saturated heterocycles. The predicted octanol–water partition coefficient (Wildman–Crippen LogP) is 3.70. The summed E-state index contributed by atoms with van der Waals surface area (Å²) in [4.78, 5) is 0. The second-order valence-corrected chi connectivity index (χ2v) is 4.06. The standard InChI is InChI=1S/C11H18/c1-5-11(4)7-9(2)6-10(3)8-11/h6-7H,5,8H2,1-4H3. The van der Waals surface area contributed by atoms with E-state index in [2.05, 4.69) is 39.8 Å². The first-order valence-electron chi connectivity index (χ1n) is 4.42. The van der Waals surface area contributed by atoms with Crippen molar-refractivity contribution < 1.29 is 0 Å². The maximum Gasteiger partial charge on any atom is -0.0106 e. The minimum Gasteiger partial charge on any atom is -0.0753 e. The molecular formula is C11H18. The van der Waals surface area contributed by atoms with Crippen LogP contribution in [0.25, 0.3) is 0 Å². The van der Waals surface area contributed by atoms with Gasteiger partial charge < -0.3 is 0 Å². The second-order valence-electron chi connectivity index (χ2n) is 4.06. The van der Waals surface area contributed by atoms with Crippen LogP contribution in [0.5, 0.6) is 0 Å². The molecule has 0 aromatic heterocycles. The summed E-state index contributed by atoms with van der Waals surface area (Å²) in [5.74, 6) is 0. The Morgan fingerprint density at radius 2 is 2.09 bits per heavy atom. The predicted molar refractivity (Wildman–Crippen MR) is 50.5 cm³/mol. The third-order valence-electron chi connectivity index (χ3n) is 2.54. The van der Waals surface area contributed by atoms with Crippen LogP contribution in [0.15, 0.2) is 23.3 Å². The lowest BCUT2D eigenvalue weighted by molar-refractivity contribution is 0.400. The summed E-state index contributed by atoms with van der Waals surface area (Å²) in [7, 11) is 0. The van der Waals surface area contributed by atoms with Crippen molar-refractivity contribution in [1.82, 2.24) is 0 Å². The molecule has 1 aliphatic carbocycles. The van der Waals surface area contributed by atoms with E-state index in [0.717, 1.165) is 0 Å². The highest BCUT2D eigenvalue weighted by atomic mass is 14.3. The molecule has 0 aliphatic heterocycles. The van der Waals surface area contributed by atoms with Crippen LogP contribution >= 0.6 is 0 Å². The fourth-order valence-electron chi connectivity index (χ4n) is 1.95. The van der Waals surface area contributed by atoms with E-state index >= 15 is 0 Å². The third kappa shape index (κ3) is 1.95. The highest BCUT2D eigenvalue weighted by molar-refractivity contribution is 5.29. The van der Waals surface area contributed by atoms with Crippen LogP contribution in [-0.4, -0.2) is 0 Å². The molecule has 11 heavy (non-hydrogen) atoms. The summed E-state index contributed by atoms with van der Waals surface area (Å²) in [5, 5.41) is 0. The number of rotatable bonds is 1. The zero-order valence-electron chi connectivity index (χ0n) is 8.07. The molecule has 0 heterocycles. The molecule has 1 atom stereocenters. The van der Waals surface area contributed by atoms with Crippen LogP contribution in [0.2, 0.25) is 0 Å². The van der Waals surface area contributed by atoms with Gasteiger partial charge in [-0.1, -0.05) is 37.1 Å². The minimum atomic E-state index is 0.433. The molecule has 0 N–H and O–H groups in total. The SMILES string of the molecule is CCC1(C)C=C(C)C=C(C)C1. The van der Waals surface area contributed by atoms with Crippen LogP contribution in [0, 0.1) is 5.41 Å². The van der Waals surface area contributed by atoms with Crippen LogP contribution in [0.3, 0.4) is 0 Å². The number of allylic oxidation sites excluding steroid dienone is 4. The lowest BCUT2D eigenvalue weighted by atomic mass is 9.77. The topological polar surface area (TPSA) is 0 Å². The Morgan fingerprint density at radius 1 is 1.45 bits per heavy atom. The lowest BCUT2D eigenvalue weighted by Crippen LogP contribution is -2.15. The van der Waals surface area contributed by atoms with Gasteiger partial charge in [-0.3, -0.25) is 0 Å². The van der Waals surface area contributed by atoms with E-state index in [0.29, 0.717) is 5.41 Å². The van der Waals surface area contributed by atoms with Gasteiger partial charge in [-0.2, -0.15) is 0 Å². The van der Waals surface area contributed by atoms with Crippen LogP contribution < -0.4 is 0 Å². The Bertz CT molecular complexity index is 208. The van der Waals surface area contributed by atoms with Gasteiger partial charge in [-0.05, 0) is 32.1 Å². The van der Waals surface area contributed by atoms with Gasteiger partial charge in [0, 0.05) is 0 Å². The average molecular weight is 150 g/mol. The zero-order valence-corrected chi connectivity index (χ0v) is 8.07. The lowest BCUT2D eigenvalue weighted by Gasteiger charge is -2.28. The molecular weight excluding hydrogens is 132 g/mol. The molecule has 0 fully saturated rings. The average Bonchev–Trinajstić information content (AvgIpc) is 1.84. The van der Waals surface area contributed by atoms with E-state index < -0.39 is 0 Å². The first-order valence-corrected chi connectivity index (χ1v) is 4.42. The first kappa shape index (κ1) is 8.58. The molecule has 0 spiro atoms. The van der Waals surface area contributed by atoms with Crippen molar-refractivity contribution in [3.63, 3.8) is 0 Å². The molecule has 1 unspecified atom stereocenters. The van der Waals surface area contributed by atoms with Crippen molar-refractivity contribution in [3.8, 4) is 0 Å². The molecule has 1 rings (SSSR count). The maximum absolute atomic E-state index is 2.40. The second kappa shape index (κ2) is 2.84. The molecule has 0 bridgehead atoms. The van der Waals surface area contributed by atoms with Crippen LogP contribution in [0.1, 0.15) is 40.5 Å². The molecule has 0 amide bonds. The molecule has 0 radical (unpaired) electrons. The molecule has 0 aromatic carbocycles. The van der Waals surface area contributed by atoms with Gasteiger partial charge in [-0.15, -0.1) is 0 Å². The fraction of sp³-hybridized carbons (Fsp3) is 0.636. The molecule has 0 heteroatoms. The van der Waals surface area contributed by atoms with Gasteiger partial charge in [0.25, 0.3) is 0 Å². The molecule has 0 aromatic rings. The van der Waals surface area contributed by atoms with Crippen LogP contribution in [-0.2, 0) is 0 Å². The third-order valence-corrected chi connectivity index (χ3v) is 2.54. The van der Waals surface area contributed by atoms with E-state index in [1.54, 1.807) is 0 Å². The quantitative estimate of drug-likeness (QED) is 0.534. The van der Waals surface area contributed by atoms with E-state index in [1.165, 1.54) is 24.0 Å². The van der Waals surface area contributed by atoms with Crippen molar-refractivity contribution in [2.24, 2.45) is 5.41 Å². The monoisotopic (exact) mass is 150 g/mol. The molecule has 0 saturated carbocycles. The summed E-state index contributed by atoms with van der Waals surface area (Å²) in [6.45, 7) is 9.02. The fourth-order valence-corrected chi connectivity index (χ4v) is 1.95. The Morgan fingerprint density at radius 3 is 2.55 bits per heavy atom.